The molecule has 4 rings (SSSR count). The van der Waals surface area contributed by atoms with Crippen LogP contribution in [0, 0.1) is 0 Å². The zero-order chi connectivity index (χ0) is 25.9. The van der Waals surface area contributed by atoms with Crippen molar-refractivity contribution in [3.8, 4) is 11.5 Å². The highest BCUT2D eigenvalue weighted by atomic mass is 33.1. The summed E-state index contributed by atoms with van der Waals surface area (Å²) in [6.07, 6.45) is 8.81. The second-order valence-corrected chi connectivity index (χ2v) is 11.9. The van der Waals surface area contributed by atoms with Crippen LogP contribution < -0.4 is 9.47 Å². The Morgan fingerprint density at radius 2 is 1.95 bits per heavy atom. The molecule has 202 valence electrons. The predicted molar refractivity (Wildman–Crippen MR) is 148 cm³/mol. The first-order valence-electron chi connectivity index (χ1n) is 13.1. The zero-order valence-electron chi connectivity index (χ0n) is 21.8. The minimum atomic E-state index is -0.104. The summed E-state index contributed by atoms with van der Waals surface area (Å²) in [5.74, 6) is 2.10. The van der Waals surface area contributed by atoms with E-state index in [1.54, 1.807) is 42.0 Å². The Balaban J connectivity index is 1.18. The van der Waals surface area contributed by atoms with Crippen LogP contribution in [0.3, 0.4) is 0 Å². The summed E-state index contributed by atoms with van der Waals surface area (Å²) in [6, 6.07) is 12.3. The second-order valence-electron chi connectivity index (χ2n) is 9.42. The highest BCUT2D eigenvalue weighted by molar-refractivity contribution is 8.76. The van der Waals surface area contributed by atoms with Gasteiger partial charge in [-0.05, 0) is 66.3 Å². The lowest BCUT2D eigenvalue weighted by Gasteiger charge is -2.37. The van der Waals surface area contributed by atoms with Crippen LogP contribution in [-0.4, -0.2) is 73.8 Å². The molecule has 9 heteroatoms. The molecule has 1 aliphatic heterocycles. The SMILES string of the molecule is COc1ccc(CCO[C@@H]2CCCC[C@H]2N2CC[C@@H](OC(=O)CCSSc3ccccn3)C2)cc1OC. The van der Waals surface area contributed by atoms with E-state index in [1.807, 2.05) is 30.3 Å². The molecule has 1 aromatic heterocycles. The predicted octanol–water partition coefficient (Wildman–Crippen LogP) is 5.42. The fourth-order valence-corrected chi connectivity index (χ4v) is 6.92. The molecule has 1 aromatic carbocycles. The summed E-state index contributed by atoms with van der Waals surface area (Å²) >= 11 is 0. The molecular weight excluding hydrogens is 508 g/mol. The van der Waals surface area contributed by atoms with Crippen LogP contribution in [0.25, 0.3) is 0 Å². The average molecular weight is 547 g/mol. The molecule has 2 fully saturated rings. The van der Waals surface area contributed by atoms with Gasteiger partial charge in [0, 0.05) is 31.1 Å². The number of methoxy groups -OCH3 is 2. The van der Waals surface area contributed by atoms with Gasteiger partial charge in [0.25, 0.3) is 0 Å². The number of hydrogen-bond acceptors (Lipinski definition) is 9. The number of nitrogens with zero attached hydrogens (tertiary/aromatic N) is 2. The van der Waals surface area contributed by atoms with E-state index in [1.165, 1.54) is 18.4 Å². The standard InChI is InChI=1S/C28H38N2O5S2/c1-32-25-11-10-21(19-26(25)33-2)13-17-34-24-8-4-3-7-23(24)30-16-12-22(20-30)35-28(31)14-18-36-37-27-9-5-6-15-29-27/h5-6,9-11,15,19,22-24H,3-4,7-8,12-14,16-18,20H2,1-2H3/t22-,23-,24-/m1/s1. The quantitative estimate of drug-likeness (QED) is 0.186. The van der Waals surface area contributed by atoms with Gasteiger partial charge in [-0.25, -0.2) is 4.98 Å². The third kappa shape index (κ3) is 8.53. The van der Waals surface area contributed by atoms with Crippen molar-refractivity contribution in [2.45, 2.75) is 68.2 Å². The minimum absolute atomic E-state index is 0.0183. The van der Waals surface area contributed by atoms with E-state index in [4.69, 9.17) is 18.9 Å². The Morgan fingerprint density at radius 1 is 1.08 bits per heavy atom. The number of pyridine rings is 1. The van der Waals surface area contributed by atoms with E-state index in [0.717, 1.165) is 61.1 Å². The van der Waals surface area contributed by atoms with E-state index < -0.39 is 0 Å². The lowest BCUT2D eigenvalue weighted by Crippen LogP contribution is -2.46. The number of carbonyl (C=O) groups excluding carboxylic acids is 1. The zero-order valence-corrected chi connectivity index (χ0v) is 23.4. The van der Waals surface area contributed by atoms with Gasteiger partial charge in [0.05, 0.1) is 33.4 Å². The van der Waals surface area contributed by atoms with Crippen LogP contribution >= 0.6 is 21.6 Å². The van der Waals surface area contributed by atoms with Crippen LogP contribution in [0.2, 0.25) is 0 Å². The van der Waals surface area contributed by atoms with Gasteiger partial charge < -0.3 is 18.9 Å². The van der Waals surface area contributed by atoms with Crippen LogP contribution in [0.1, 0.15) is 44.1 Å². The Morgan fingerprint density at radius 3 is 2.76 bits per heavy atom. The number of aromatic nitrogens is 1. The van der Waals surface area contributed by atoms with Gasteiger partial charge in [-0.15, -0.1) is 0 Å². The molecule has 1 saturated carbocycles. The number of benzene rings is 1. The van der Waals surface area contributed by atoms with Crippen molar-refractivity contribution in [2.24, 2.45) is 0 Å². The highest BCUT2D eigenvalue weighted by Gasteiger charge is 2.36. The van der Waals surface area contributed by atoms with Gasteiger partial charge in [-0.3, -0.25) is 9.69 Å². The van der Waals surface area contributed by atoms with E-state index in [9.17, 15) is 4.79 Å². The summed E-state index contributed by atoms with van der Waals surface area (Å²) in [4.78, 5) is 19.2. The number of rotatable bonds is 13. The fraction of sp³-hybridized carbons (Fsp3) is 0.571. The monoisotopic (exact) mass is 546 g/mol. The van der Waals surface area contributed by atoms with Crippen LogP contribution in [0.15, 0.2) is 47.6 Å². The maximum Gasteiger partial charge on any atom is 0.306 e. The molecule has 2 heterocycles. The van der Waals surface area contributed by atoms with Crippen molar-refractivity contribution in [1.82, 2.24) is 9.88 Å². The lowest BCUT2D eigenvalue weighted by atomic mass is 9.91. The number of ether oxygens (including phenoxy) is 4. The molecule has 3 atom stereocenters. The fourth-order valence-electron chi connectivity index (χ4n) is 5.07. The molecule has 37 heavy (non-hydrogen) atoms. The lowest BCUT2D eigenvalue weighted by molar-refractivity contribution is -0.148. The van der Waals surface area contributed by atoms with Crippen LogP contribution in [0.5, 0.6) is 11.5 Å². The normalized spacial score (nSPS) is 22.1. The summed E-state index contributed by atoms with van der Waals surface area (Å²) in [6.45, 7) is 2.45. The summed E-state index contributed by atoms with van der Waals surface area (Å²) in [7, 11) is 6.55. The van der Waals surface area contributed by atoms with Gasteiger partial charge in [0.1, 0.15) is 11.1 Å². The van der Waals surface area contributed by atoms with Crippen molar-refractivity contribution < 1.29 is 23.7 Å². The topological polar surface area (TPSA) is 70.1 Å². The largest absolute Gasteiger partial charge is 0.493 e. The van der Waals surface area contributed by atoms with Crippen molar-refractivity contribution in [3.05, 3.63) is 48.2 Å². The van der Waals surface area contributed by atoms with Crippen molar-refractivity contribution >= 4 is 27.6 Å². The third-order valence-electron chi connectivity index (χ3n) is 6.95. The molecule has 0 N–H and O–H groups in total. The molecule has 1 aliphatic carbocycles. The Bertz CT molecular complexity index is 980. The number of esters is 1. The van der Waals surface area contributed by atoms with Crippen molar-refractivity contribution in [1.29, 1.82) is 0 Å². The highest BCUT2D eigenvalue weighted by Crippen LogP contribution is 2.32. The van der Waals surface area contributed by atoms with Gasteiger partial charge in [-0.2, -0.15) is 0 Å². The van der Waals surface area contributed by atoms with Gasteiger partial charge in [0.2, 0.25) is 0 Å². The van der Waals surface area contributed by atoms with Gasteiger partial charge >= 0.3 is 5.97 Å². The molecule has 0 radical (unpaired) electrons. The van der Waals surface area contributed by atoms with Crippen molar-refractivity contribution in [2.75, 3.05) is 39.7 Å². The third-order valence-corrected chi connectivity index (χ3v) is 9.22. The molecular formula is C28H38N2O5S2. The molecule has 1 saturated heterocycles. The Labute approximate surface area is 228 Å². The van der Waals surface area contributed by atoms with E-state index in [0.29, 0.717) is 19.1 Å². The molecule has 2 aromatic rings. The summed E-state index contributed by atoms with van der Waals surface area (Å²) < 4.78 is 23.0. The van der Waals surface area contributed by atoms with Gasteiger partial charge in [0.15, 0.2) is 11.5 Å². The Hall–Kier alpha value is -1.94. The van der Waals surface area contributed by atoms with E-state index >= 15 is 0 Å². The van der Waals surface area contributed by atoms with Gasteiger partial charge in [-0.1, -0.05) is 35.8 Å². The number of hydrogen-bond donors (Lipinski definition) is 0. The Kier molecular flexibility index (Phi) is 11.3. The molecule has 0 amide bonds. The first-order chi connectivity index (χ1) is 18.2. The first kappa shape index (κ1) is 28.1. The van der Waals surface area contributed by atoms with Crippen LogP contribution in [0.4, 0.5) is 0 Å². The van der Waals surface area contributed by atoms with E-state index in [-0.39, 0.29) is 18.2 Å². The summed E-state index contributed by atoms with van der Waals surface area (Å²) in [5, 5.41) is 0.959. The van der Waals surface area contributed by atoms with Crippen molar-refractivity contribution in [3.63, 3.8) is 0 Å². The molecule has 7 nitrogen and oxygen atoms in total. The maximum absolute atomic E-state index is 12.4. The van der Waals surface area contributed by atoms with E-state index in [2.05, 4.69) is 16.0 Å². The van der Waals surface area contributed by atoms with Crippen LogP contribution in [-0.2, 0) is 20.7 Å². The molecule has 2 aliphatic rings. The summed E-state index contributed by atoms with van der Waals surface area (Å²) in [5.41, 5.74) is 1.18. The molecule has 0 bridgehead atoms. The second kappa shape index (κ2) is 14.9. The number of likely N-dealkylation sites (tertiary alicyclic amines) is 1. The molecule has 0 unspecified atom stereocenters. The molecule has 0 spiro atoms. The smallest absolute Gasteiger partial charge is 0.306 e. The number of carbonyl (C=O) groups is 1. The first-order valence-corrected chi connectivity index (χ1v) is 15.4. The minimum Gasteiger partial charge on any atom is -0.493 e. The average Bonchev–Trinajstić information content (AvgIpc) is 3.40. The maximum atomic E-state index is 12.4.